The highest BCUT2D eigenvalue weighted by atomic mass is 32.1. The summed E-state index contributed by atoms with van der Waals surface area (Å²) in [6, 6.07) is 0. The Morgan fingerprint density at radius 3 is 3.00 bits per heavy atom. The molecule has 0 spiro atoms. The summed E-state index contributed by atoms with van der Waals surface area (Å²) in [7, 11) is 0. The Balaban J connectivity index is 2.48. The summed E-state index contributed by atoms with van der Waals surface area (Å²) in [5.74, 6) is 5.10. The zero-order valence-corrected chi connectivity index (χ0v) is 7.98. The van der Waals surface area contributed by atoms with Gasteiger partial charge in [0.05, 0.1) is 0 Å². The van der Waals surface area contributed by atoms with E-state index in [1.54, 1.807) is 0 Å². The van der Waals surface area contributed by atoms with Crippen LogP contribution < -0.4 is 16.0 Å². The molecule has 1 unspecified atom stereocenters. The topological polar surface area (TPSA) is 137 Å². The number of rotatable bonds is 1. The molecule has 0 amide bonds. The number of hydrogen-bond acceptors (Lipinski definition) is 8. The van der Waals surface area contributed by atoms with E-state index in [0.717, 1.165) is 11.3 Å². The molecule has 1 aromatic rings. The number of aromatic nitrogens is 1. The molecular weight excluding hydrogens is 222 g/mol. The minimum absolute atomic E-state index is 0.0931. The maximum absolute atomic E-state index is 11.0. The molecule has 0 bridgehead atoms. The SMILES string of the molecule is NN=NC1N=C(N=O)c2sc(=O)[nH]c2N1. The van der Waals surface area contributed by atoms with Gasteiger partial charge in [-0.2, -0.15) is 0 Å². The van der Waals surface area contributed by atoms with E-state index in [2.05, 4.69) is 30.8 Å². The zero-order valence-electron chi connectivity index (χ0n) is 7.17. The summed E-state index contributed by atoms with van der Waals surface area (Å²) in [6.45, 7) is 0. The highest BCUT2D eigenvalue weighted by molar-refractivity contribution is 7.12. The van der Waals surface area contributed by atoms with Crippen LogP contribution in [0, 0.1) is 4.91 Å². The van der Waals surface area contributed by atoms with Gasteiger partial charge in [-0.3, -0.25) is 9.78 Å². The zero-order chi connectivity index (χ0) is 10.8. The lowest BCUT2D eigenvalue weighted by Gasteiger charge is -2.14. The number of nitrogens with zero attached hydrogens (tertiary/aromatic N) is 4. The van der Waals surface area contributed by atoms with Crippen molar-refractivity contribution in [3.05, 3.63) is 19.5 Å². The molecular formula is C5H5N7O2S. The number of nitrogens with one attached hydrogen (secondary N) is 2. The molecule has 0 saturated carbocycles. The second-order valence-electron chi connectivity index (χ2n) is 2.51. The third-order valence-corrected chi connectivity index (χ3v) is 2.51. The Morgan fingerprint density at radius 2 is 2.33 bits per heavy atom. The van der Waals surface area contributed by atoms with Crippen LogP contribution in [0.15, 0.2) is 25.3 Å². The third-order valence-electron chi connectivity index (χ3n) is 1.63. The van der Waals surface area contributed by atoms with Gasteiger partial charge in [0, 0.05) is 0 Å². The number of thiazole rings is 1. The number of hydrogen-bond donors (Lipinski definition) is 3. The molecule has 10 heteroatoms. The molecule has 0 aromatic carbocycles. The smallest absolute Gasteiger partial charge is 0.306 e. The molecule has 1 atom stereocenters. The van der Waals surface area contributed by atoms with Gasteiger partial charge in [0.2, 0.25) is 12.1 Å². The van der Waals surface area contributed by atoms with E-state index in [0.29, 0.717) is 10.7 Å². The average Bonchev–Trinajstić information content (AvgIpc) is 2.57. The van der Waals surface area contributed by atoms with Crippen molar-refractivity contribution in [2.24, 2.45) is 26.3 Å². The second-order valence-corrected chi connectivity index (χ2v) is 3.49. The molecule has 2 rings (SSSR count). The predicted molar refractivity (Wildman–Crippen MR) is 53.7 cm³/mol. The van der Waals surface area contributed by atoms with Crippen LogP contribution in [0.2, 0.25) is 0 Å². The highest BCUT2D eigenvalue weighted by Crippen LogP contribution is 2.23. The fraction of sp³-hybridized carbons (Fsp3) is 0.200. The van der Waals surface area contributed by atoms with Gasteiger partial charge in [-0.25, -0.2) is 4.99 Å². The summed E-state index contributed by atoms with van der Waals surface area (Å²) in [6.07, 6.45) is -0.833. The summed E-state index contributed by atoms with van der Waals surface area (Å²) in [4.78, 5) is 27.8. The molecule has 1 aliphatic heterocycles. The van der Waals surface area contributed by atoms with Crippen LogP contribution >= 0.6 is 11.3 Å². The van der Waals surface area contributed by atoms with Crippen molar-refractivity contribution in [3.8, 4) is 0 Å². The number of aromatic amines is 1. The van der Waals surface area contributed by atoms with E-state index in [1.165, 1.54) is 0 Å². The molecule has 1 aromatic heterocycles. The lowest BCUT2D eigenvalue weighted by molar-refractivity contribution is 0.724. The van der Waals surface area contributed by atoms with Crippen molar-refractivity contribution in [2.45, 2.75) is 6.29 Å². The average molecular weight is 227 g/mol. The minimum atomic E-state index is -0.833. The van der Waals surface area contributed by atoms with Crippen molar-refractivity contribution in [2.75, 3.05) is 5.32 Å². The maximum Gasteiger partial charge on any atom is 0.306 e. The van der Waals surface area contributed by atoms with E-state index in [1.807, 2.05) is 0 Å². The third kappa shape index (κ3) is 1.61. The number of aliphatic imine (C=N–C) groups is 1. The molecule has 1 aliphatic rings. The first-order valence-corrected chi connectivity index (χ1v) is 4.57. The summed E-state index contributed by atoms with van der Waals surface area (Å²) in [5.41, 5.74) is 0. The summed E-state index contributed by atoms with van der Waals surface area (Å²) >= 11 is 0.841. The first-order valence-electron chi connectivity index (χ1n) is 3.76. The lowest BCUT2D eigenvalue weighted by Crippen LogP contribution is -2.22. The predicted octanol–water partition coefficient (Wildman–Crippen LogP) is -0.0156. The molecule has 0 saturated heterocycles. The van der Waals surface area contributed by atoms with Crippen molar-refractivity contribution < 1.29 is 0 Å². The van der Waals surface area contributed by atoms with Crippen molar-refractivity contribution >= 4 is 23.0 Å². The van der Waals surface area contributed by atoms with Crippen LogP contribution in [0.1, 0.15) is 4.88 Å². The Kier molecular flexibility index (Phi) is 2.25. The van der Waals surface area contributed by atoms with E-state index in [4.69, 9.17) is 5.84 Å². The number of amidine groups is 1. The molecule has 15 heavy (non-hydrogen) atoms. The highest BCUT2D eigenvalue weighted by Gasteiger charge is 2.23. The minimum Gasteiger partial charge on any atom is -0.329 e. The molecule has 78 valence electrons. The van der Waals surface area contributed by atoms with Crippen LogP contribution in [0.25, 0.3) is 0 Å². The molecule has 9 nitrogen and oxygen atoms in total. The number of nitroso groups, excluding NO2 is 1. The number of nitrogens with two attached hydrogens (primary N) is 1. The maximum atomic E-state index is 11.0. The van der Waals surface area contributed by atoms with E-state index >= 15 is 0 Å². The first kappa shape index (κ1) is 9.45. The van der Waals surface area contributed by atoms with Gasteiger partial charge in [0.1, 0.15) is 10.7 Å². The largest absolute Gasteiger partial charge is 0.329 e. The quantitative estimate of drug-likeness (QED) is 0.268. The van der Waals surface area contributed by atoms with Crippen LogP contribution in [-0.4, -0.2) is 17.1 Å². The Labute approximate surface area is 86.1 Å². The second kappa shape index (κ2) is 3.57. The molecule has 0 aliphatic carbocycles. The number of fused-ring (bicyclic) bond motifs is 1. The molecule has 4 N–H and O–H groups in total. The summed E-state index contributed by atoms with van der Waals surface area (Å²) in [5, 5.41) is 11.9. The van der Waals surface area contributed by atoms with Gasteiger partial charge >= 0.3 is 4.87 Å². The Morgan fingerprint density at radius 1 is 1.53 bits per heavy atom. The van der Waals surface area contributed by atoms with E-state index < -0.39 is 6.29 Å². The lowest BCUT2D eigenvalue weighted by atomic mass is 10.4. The van der Waals surface area contributed by atoms with Crippen LogP contribution in [0.5, 0.6) is 0 Å². The van der Waals surface area contributed by atoms with Gasteiger partial charge in [-0.1, -0.05) is 16.6 Å². The number of H-pyrrole nitrogens is 1. The molecule has 0 fully saturated rings. The molecule has 0 radical (unpaired) electrons. The van der Waals surface area contributed by atoms with E-state index in [-0.39, 0.29) is 10.7 Å². The van der Waals surface area contributed by atoms with Crippen molar-refractivity contribution in [1.29, 1.82) is 0 Å². The van der Waals surface area contributed by atoms with Crippen LogP contribution in [0.3, 0.4) is 0 Å². The monoisotopic (exact) mass is 227 g/mol. The fourth-order valence-electron chi connectivity index (χ4n) is 1.11. The van der Waals surface area contributed by atoms with Crippen molar-refractivity contribution in [1.82, 2.24) is 4.98 Å². The standard InChI is InChI=1S/C5H5N7O2S/c6-12-10-4-7-2-1(3(8-4)11-14)15-5(13)9-2/h4,7H,(H2,6,10)(H,9,13). The summed E-state index contributed by atoms with van der Waals surface area (Å²) < 4.78 is 0. The fourth-order valence-corrected chi connectivity index (χ4v) is 1.84. The normalized spacial score (nSPS) is 19.5. The van der Waals surface area contributed by atoms with Gasteiger partial charge in [-0.15, -0.1) is 10.0 Å². The number of anilines is 1. The van der Waals surface area contributed by atoms with Crippen LogP contribution in [0.4, 0.5) is 5.82 Å². The Bertz CT molecular complexity index is 500. The van der Waals surface area contributed by atoms with Crippen molar-refractivity contribution in [3.63, 3.8) is 0 Å². The van der Waals surface area contributed by atoms with Gasteiger partial charge in [-0.05, 0) is 5.18 Å². The Hall–Kier alpha value is -2.10. The van der Waals surface area contributed by atoms with E-state index in [9.17, 15) is 9.70 Å². The molecule has 2 heterocycles. The van der Waals surface area contributed by atoms with Gasteiger partial charge in [0.25, 0.3) is 0 Å². The van der Waals surface area contributed by atoms with Crippen LogP contribution in [-0.2, 0) is 0 Å². The first-order chi connectivity index (χ1) is 7.24. The van der Waals surface area contributed by atoms with Gasteiger partial charge in [0.15, 0.2) is 0 Å². The van der Waals surface area contributed by atoms with Gasteiger partial charge < -0.3 is 11.2 Å².